The second-order valence-corrected chi connectivity index (χ2v) is 10.7. The summed E-state index contributed by atoms with van der Waals surface area (Å²) in [7, 11) is 4.38. The van der Waals surface area contributed by atoms with Gasteiger partial charge in [-0.3, -0.25) is 0 Å². The minimum Gasteiger partial charge on any atom is -0.872 e. The van der Waals surface area contributed by atoms with Gasteiger partial charge in [-0.1, -0.05) is 75.2 Å². The Morgan fingerprint density at radius 1 is 0.686 bits per heavy atom. The molecule has 2 aliphatic rings. The monoisotopic (exact) mass is 504 g/mol. The summed E-state index contributed by atoms with van der Waals surface area (Å²) in [5, 5.41) is 23.1. The average molecular weight is 505 g/mol. The number of likely N-dealkylation sites (tertiary alicyclic amines) is 2. The molecule has 0 saturated carbocycles. The summed E-state index contributed by atoms with van der Waals surface area (Å²) in [6.45, 7) is 9.00. The van der Waals surface area contributed by atoms with Gasteiger partial charge in [0.05, 0.1) is 0 Å². The molecule has 2 unspecified atom stereocenters. The number of rotatable bonds is 4. The molecule has 2 saturated heterocycles. The van der Waals surface area contributed by atoms with Crippen LogP contribution in [0.15, 0.2) is 48.5 Å². The zero-order valence-electron chi connectivity index (χ0n) is 22.5. The fraction of sp³-hybridized carbons (Fsp3) is 0.600. The molecule has 0 N–H and O–H groups in total. The van der Waals surface area contributed by atoms with Crippen molar-refractivity contribution in [3.8, 4) is 11.5 Å². The van der Waals surface area contributed by atoms with Crippen molar-refractivity contribution < 1.29 is 10.2 Å². The van der Waals surface area contributed by atoms with Crippen molar-refractivity contribution in [3.63, 3.8) is 0 Å². The molecule has 188 valence electrons. The molecule has 0 amide bonds. The van der Waals surface area contributed by atoms with E-state index in [1.54, 1.807) is 12.1 Å². The van der Waals surface area contributed by atoms with Crippen LogP contribution in [0.4, 0.5) is 0 Å². The first kappa shape index (κ1) is 30.4. The molecule has 2 aliphatic heterocycles. The fourth-order valence-electron chi connectivity index (χ4n) is 6.15. The molecule has 2 heterocycles. The maximum absolute atomic E-state index is 11.5. The van der Waals surface area contributed by atoms with Crippen molar-refractivity contribution in [2.45, 2.75) is 76.0 Å². The molecule has 2 atom stereocenters. The quantitative estimate of drug-likeness (QED) is 0.568. The molecule has 5 heteroatoms. The summed E-state index contributed by atoms with van der Waals surface area (Å²) in [5.74, 6) is 0.282. The molecule has 2 fully saturated rings. The standard InChI is InChI=1S/2C15H23NO.Ca/c2*1-3-15(9-4-5-10-16(2)12-15)13-7-6-8-14(17)11-13;/h2*6-8,11,17H,3-5,9-10,12H2,1-2H3;/q;;+2/p-2. The van der Waals surface area contributed by atoms with Crippen LogP contribution >= 0.6 is 0 Å². The fourth-order valence-corrected chi connectivity index (χ4v) is 6.15. The largest absolute Gasteiger partial charge is 2.00 e. The molecule has 2 aromatic rings. The van der Waals surface area contributed by atoms with Crippen LogP contribution in [0.2, 0.25) is 0 Å². The summed E-state index contributed by atoms with van der Waals surface area (Å²) in [6.07, 6.45) is 9.71. The third kappa shape index (κ3) is 8.10. The van der Waals surface area contributed by atoms with E-state index in [0.717, 1.165) is 25.9 Å². The predicted molar refractivity (Wildman–Crippen MR) is 144 cm³/mol. The van der Waals surface area contributed by atoms with Crippen molar-refractivity contribution in [2.24, 2.45) is 0 Å². The Morgan fingerprint density at radius 3 is 1.43 bits per heavy atom. The van der Waals surface area contributed by atoms with Gasteiger partial charge < -0.3 is 20.0 Å². The third-order valence-electron chi connectivity index (χ3n) is 8.28. The van der Waals surface area contributed by atoms with Crippen LogP contribution in [0.25, 0.3) is 0 Å². The van der Waals surface area contributed by atoms with E-state index < -0.39 is 0 Å². The van der Waals surface area contributed by atoms with Gasteiger partial charge in [0, 0.05) is 23.9 Å². The first-order valence-corrected chi connectivity index (χ1v) is 13.2. The van der Waals surface area contributed by atoms with Gasteiger partial charge >= 0.3 is 37.7 Å². The van der Waals surface area contributed by atoms with Crippen LogP contribution in [0.3, 0.4) is 0 Å². The van der Waals surface area contributed by atoms with Gasteiger partial charge in [0.15, 0.2) is 0 Å². The molecular weight excluding hydrogens is 460 g/mol. The molecular formula is C30H44CaN2O2. The topological polar surface area (TPSA) is 52.6 Å². The van der Waals surface area contributed by atoms with E-state index in [0.29, 0.717) is 0 Å². The van der Waals surface area contributed by atoms with Crippen LogP contribution in [0, 0.1) is 0 Å². The van der Waals surface area contributed by atoms with Gasteiger partial charge in [-0.2, -0.15) is 0 Å². The summed E-state index contributed by atoms with van der Waals surface area (Å²) in [5.41, 5.74) is 2.85. The molecule has 4 rings (SSSR count). The average Bonchev–Trinajstić information content (AvgIpc) is 3.15. The Bertz CT molecular complexity index is 834. The first-order chi connectivity index (χ1) is 16.3. The summed E-state index contributed by atoms with van der Waals surface area (Å²) in [4.78, 5) is 4.82. The van der Waals surface area contributed by atoms with Gasteiger partial charge in [-0.25, -0.2) is 0 Å². The summed E-state index contributed by atoms with van der Waals surface area (Å²) < 4.78 is 0. The van der Waals surface area contributed by atoms with E-state index in [1.807, 2.05) is 24.3 Å². The van der Waals surface area contributed by atoms with Crippen molar-refractivity contribution >= 4 is 37.7 Å². The maximum Gasteiger partial charge on any atom is 2.00 e. The van der Waals surface area contributed by atoms with Gasteiger partial charge in [-0.15, -0.1) is 11.5 Å². The molecule has 0 bridgehead atoms. The van der Waals surface area contributed by atoms with Crippen LogP contribution in [-0.2, 0) is 10.8 Å². The number of hydrogen-bond acceptors (Lipinski definition) is 4. The van der Waals surface area contributed by atoms with Gasteiger partial charge in [0.25, 0.3) is 0 Å². The molecule has 0 spiro atoms. The van der Waals surface area contributed by atoms with Crippen molar-refractivity contribution in [1.82, 2.24) is 9.80 Å². The summed E-state index contributed by atoms with van der Waals surface area (Å²) in [6, 6.07) is 15.0. The first-order valence-electron chi connectivity index (χ1n) is 13.2. The van der Waals surface area contributed by atoms with E-state index in [2.05, 4.69) is 49.9 Å². The zero-order valence-corrected chi connectivity index (χ0v) is 24.7. The van der Waals surface area contributed by atoms with E-state index in [4.69, 9.17) is 0 Å². The number of nitrogens with zero attached hydrogens (tertiary/aromatic N) is 2. The SMILES string of the molecule is CCC1(c2cccc([O-])c2)CCCCN(C)C1.CCC1(c2cccc([O-])c2)CCCCN(C)C1.[Ca+2]. The number of hydrogen-bond donors (Lipinski definition) is 0. The molecule has 0 aliphatic carbocycles. The Morgan fingerprint density at radius 2 is 1.09 bits per heavy atom. The molecule has 0 aromatic heterocycles. The molecule has 2 aromatic carbocycles. The second kappa shape index (κ2) is 14.2. The minimum absolute atomic E-state index is 0. The van der Waals surface area contributed by atoms with Gasteiger partial charge in [-0.05, 0) is 76.8 Å². The van der Waals surface area contributed by atoms with Crippen molar-refractivity contribution in [2.75, 3.05) is 40.3 Å². The van der Waals surface area contributed by atoms with E-state index in [-0.39, 0.29) is 60.1 Å². The van der Waals surface area contributed by atoms with Gasteiger partial charge in [0.2, 0.25) is 0 Å². The summed E-state index contributed by atoms with van der Waals surface area (Å²) >= 11 is 0. The molecule has 35 heavy (non-hydrogen) atoms. The third-order valence-corrected chi connectivity index (χ3v) is 8.28. The van der Waals surface area contributed by atoms with Gasteiger partial charge in [0.1, 0.15) is 0 Å². The Hall–Kier alpha value is -0.780. The number of likely N-dealkylation sites (N-methyl/N-ethyl adjacent to an activating group) is 2. The Kier molecular flexibility index (Phi) is 12.4. The Labute approximate surface area is 243 Å². The minimum atomic E-state index is 0. The zero-order chi connectivity index (χ0) is 24.6. The Balaban J connectivity index is 0.000000240. The van der Waals surface area contributed by atoms with Crippen LogP contribution < -0.4 is 10.2 Å². The van der Waals surface area contributed by atoms with E-state index in [9.17, 15) is 10.2 Å². The van der Waals surface area contributed by atoms with Crippen molar-refractivity contribution in [3.05, 3.63) is 59.7 Å². The van der Waals surface area contributed by atoms with Crippen molar-refractivity contribution in [1.29, 1.82) is 0 Å². The van der Waals surface area contributed by atoms with Crippen LogP contribution in [-0.4, -0.2) is 87.8 Å². The number of benzene rings is 2. The van der Waals surface area contributed by atoms with Crippen LogP contribution in [0.5, 0.6) is 11.5 Å². The second-order valence-electron chi connectivity index (χ2n) is 10.7. The molecule has 4 nitrogen and oxygen atoms in total. The van der Waals surface area contributed by atoms with Crippen LogP contribution in [0.1, 0.15) is 76.3 Å². The molecule has 0 radical (unpaired) electrons. The predicted octanol–water partition coefficient (Wildman–Crippen LogP) is 4.67. The normalized spacial score (nSPS) is 25.9. The maximum atomic E-state index is 11.5. The van der Waals surface area contributed by atoms with E-state index >= 15 is 0 Å². The smallest absolute Gasteiger partial charge is 0.872 e. The van der Waals surface area contributed by atoms with E-state index in [1.165, 1.54) is 62.7 Å².